The van der Waals surface area contributed by atoms with Gasteiger partial charge in [0.05, 0.1) is 10.4 Å². The molecule has 0 spiro atoms. The Bertz CT molecular complexity index is 1010. The maximum atomic E-state index is 12.3. The molecule has 29 heavy (non-hydrogen) atoms. The molecule has 1 aromatic heterocycles. The van der Waals surface area contributed by atoms with E-state index in [1.54, 1.807) is 30.3 Å². The summed E-state index contributed by atoms with van der Waals surface area (Å²) < 4.78 is 5.24. The zero-order valence-electron chi connectivity index (χ0n) is 16.0. The second kappa shape index (κ2) is 9.16. The fourth-order valence-electron chi connectivity index (χ4n) is 2.54. The Labute approximate surface area is 172 Å². The normalized spacial score (nSPS) is 11.4. The molecule has 7 heteroatoms. The number of nitrogens with one attached hydrogen (secondary N) is 2. The van der Waals surface area contributed by atoms with Crippen molar-refractivity contribution in [1.29, 1.82) is 0 Å². The fourth-order valence-corrected chi connectivity index (χ4v) is 3.16. The van der Waals surface area contributed by atoms with Gasteiger partial charge in [-0.3, -0.25) is 9.59 Å². The minimum absolute atomic E-state index is 0.211. The van der Waals surface area contributed by atoms with Crippen LogP contribution in [0.5, 0.6) is 0 Å². The zero-order chi connectivity index (χ0) is 20.8. The van der Waals surface area contributed by atoms with Crippen LogP contribution in [0.4, 0.5) is 11.4 Å². The van der Waals surface area contributed by atoms with Crippen LogP contribution in [0, 0.1) is 6.92 Å². The van der Waals surface area contributed by atoms with E-state index in [2.05, 4.69) is 10.6 Å². The highest BCUT2D eigenvalue weighted by Crippen LogP contribution is 2.16. The molecule has 0 aliphatic rings. The maximum Gasteiger partial charge on any atom is 0.338 e. The van der Waals surface area contributed by atoms with Crippen molar-refractivity contribution < 1.29 is 19.1 Å². The molecule has 3 rings (SSSR count). The highest BCUT2D eigenvalue weighted by molar-refractivity contribution is 7.12. The number of carbonyl (C=O) groups excluding carboxylic acids is 3. The van der Waals surface area contributed by atoms with Gasteiger partial charge < -0.3 is 15.4 Å². The predicted molar refractivity (Wildman–Crippen MR) is 113 cm³/mol. The Morgan fingerprint density at radius 1 is 0.931 bits per heavy atom. The van der Waals surface area contributed by atoms with Crippen LogP contribution in [0.25, 0.3) is 0 Å². The maximum absolute atomic E-state index is 12.3. The zero-order valence-corrected chi connectivity index (χ0v) is 16.8. The van der Waals surface area contributed by atoms with Crippen LogP contribution in [0.1, 0.15) is 32.5 Å². The minimum Gasteiger partial charge on any atom is -0.449 e. The topological polar surface area (TPSA) is 84.5 Å². The lowest BCUT2D eigenvalue weighted by molar-refractivity contribution is -0.123. The number of thiophene rings is 1. The molecule has 1 heterocycles. The number of hydrogen-bond acceptors (Lipinski definition) is 5. The largest absolute Gasteiger partial charge is 0.449 e. The minimum atomic E-state index is -0.957. The van der Waals surface area contributed by atoms with Gasteiger partial charge in [0.15, 0.2) is 6.10 Å². The average Bonchev–Trinajstić information content (AvgIpc) is 3.23. The Hall–Kier alpha value is -3.45. The summed E-state index contributed by atoms with van der Waals surface area (Å²) >= 11 is 1.34. The van der Waals surface area contributed by atoms with Gasteiger partial charge in [-0.15, -0.1) is 11.3 Å². The average molecular weight is 408 g/mol. The lowest BCUT2D eigenvalue weighted by atomic mass is 10.2. The van der Waals surface area contributed by atoms with E-state index in [1.807, 2.05) is 30.5 Å². The molecule has 0 radical (unpaired) electrons. The van der Waals surface area contributed by atoms with E-state index in [0.29, 0.717) is 16.3 Å². The van der Waals surface area contributed by atoms with Crippen molar-refractivity contribution >= 4 is 40.5 Å². The van der Waals surface area contributed by atoms with Crippen LogP contribution in [0.3, 0.4) is 0 Å². The first-order chi connectivity index (χ1) is 13.9. The van der Waals surface area contributed by atoms with Gasteiger partial charge in [-0.25, -0.2) is 4.79 Å². The van der Waals surface area contributed by atoms with E-state index in [0.717, 1.165) is 5.56 Å². The van der Waals surface area contributed by atoms with E-state index >= 15 is 0 Å². The molecule has 148 valence electrons. The Balaban J connectivity index is 1.55. The van der Waals surface area contributed by atoms with E-state index in [1.165, 1.54) is 30.4 Å². The summed E-state index contributed by atoms with van der Waals surface area (Å²) in [5.74, 6) is -1.24. The highest BCUT2D eigenvalue weighted by atomic mass is 32.1. The third kappa shape index (κ3) is 5.52. The number of ether oxygens (including phenoxy) is 1. The molecular weight excluding hydrogens is 388 g/mol. The Morgan fingerprint density at radius 3 is 2.34 bits per heavy atom. The molecule has 1 atom stereocenters. The van der Waals surface area contributed by atoms with Gasteiger partial charge in [-0.1, -0.05) is 18.2 Å². The van der Waals surface area contributed by atoms with Gasteiger partial charge >= 0.3 is 5.97 Å². The van der Waals surface area contributed by atoms with Crippen molar-refractivity contribution in [3.8, 4) is 0 Å². The number of carbonyl (C=O) groups is 3. The molecule has 0 saturated heterocycles. The number of esters is 1. The van der Waals surface area contributed by atoms with E-state index in [-0.39, 0.29) is 11.5 Å². The second-order valence-electron chi connectivity index (χ2n) is 6.42. The van der Waals surface area contributed by atoms with Crippen LogP contribution in [-0.2, 0) is 9.53 Å². The first kappa shape index (κ1) is 20.3. The third-order valence-corrected chi connectivity index (χ3v) is 4.93. The van der Waals surface area contributed by atoms with Crippen LogP contribution >= 0.6 is 11.3 Å². The lowest BCUT2D eigenvalue weighted by Crippen LogP contribution is -2.30. The molecule has 0 saturated carbocycles. The smallest absolute Gasteiger partial charge is 0.338 e. The summed E-state index contributed by atoms with van der Waals surface area (Å²) in [6.07, 6.45) is -0.957. The molecule has 0 bridgehead atoms. The van der Waals surface area contributed by atoms with Crippen molar-refractivity contribution in [2.75, 3.05) is 10.6 Å². The molecule has 2 aromatic carbocycles. The lowest BCUT2D eigenvalue weighted by Gasteiger charge is -2.14. The first-order valence-electron chi connectivity index (χ1n) is 8.96. The van der Waals surface area contributed by atoms with E-state index in [9.17, 15) is 14.4 Å². The van der Waals surface area contributed by atoms with Crippen LogP contribution < -0.4 is 10.6 Å². The fraction of sp³-hybridized carbons (Fsp3) is 0.136. The van der Waals surface area contributed by atoms with Crippen molar-refractivity contribution in [3.05, 3.63) is 82.0 Å². The van der Waals surface area contributed by atoms with Gasteiger partial charge in [-0.2, -0.15) is 0 Å². The van der Waals surface area contributed by atoms with E-state index < -0.39 is 18.0 Å². The van der Waals surface area contributed by atoms with Gasteiger partial charge in [0.2, 0.25) is 0 Å². The summed E-state index contributed by atoms with van der Waals surface area (Å²) in [6, 6.07) is 17.2. The van der Waals surface area contributed by atoms with Crippen molar-refractivity contribution in [3.63, 3.8) is 0 Å². The number of anilines is 2. The standard InChI is InChI=1S/C22H20N2O4S/c1-14-5-3-6-18(13-14)24-20(25)15(2)28-22(27)16-8-10-17(11-9-16)23-21(26)19-7-4-12-29-19/h3-13,15H,1-2H3,(H,23,26)(H,24,25)/t15-/m1/s1. The second-order valence-corrected chi connectivity index (χ2v) is 7.36. The molecule has 6 nitrogen and oxygen atoms in total. The molecule has 0 unspecified atom stereocenters. The molecular formula is C22H20N2O4S. The van der Waals surface area contributed by atoms with Crippen LogP contribution in [0.2, 0.25) is 0 Å². The number of aryl methyl sites for hydroxylation is 1. The quantitative estimate of drug-likeness (QED) is 0.589. The summed E-state index contributed by atoms with van der Waals surface area (Å²) in [4.78, 5) is 37.2. The van der Waals surface area contributed by atoms with Crippen LogP contribution in [0.15, 0.2) is 66.0 Å². The monoisotopic (exact) mass is 408 g/mol. The summed E-state index contributed by atoms with van der Waals surface area (Å²) in [5.41, 5.74) is 2.50. The Morgan fingerprint density at radius 2 is 1.69 bits per heavy atom. The summed E-state index contributed by atoms with van der Waals surface area (Å²) in [6.45, 7) is 3.43. The van der Waals surface area contributed by atoms with Crippen molar-refractivity contribution in [2.24, 2.45) is 0 Å². The number of benzene rings is 2. The van der Waals surface area contributed by atoms with Gasteiger partial charge in [0.25, 0.3) is 11.8 Å². The van der Waals surface area contributed by atoms with Crippen LogP contribution in [-0.4, -0.2) is 23.9 Å². The number of hydrogen-bond donors (Lipinski definition) is 2. The van der Waals surface area contributed by atoms with Gasteiger partial charge in [0, 0.05) is 11.4 Å². The first-order valence-corrected chi connectivity index (χ1v) is 9.84. The Kier molecular flexibility index (Phi) is 6.41. The number of amides is 2. The molecule has 2 N–H and O–H groups in total. The van der Waals surface area contributed by atoms with E-state index in [4.69, 9.17) is 4.74 Å². The molecule has 3 aromatic rings. The van der Waals surface area contributed by atoms with Gasteiger partial charge in [0.1, 0.15) is 0 Å². The molecule has 2 amide bonds. The SMILES string of the molecule is Cc1cccc(NC(=O)[C@@H](C)OC(=O)c2ccc(NC(=O)c3cccs3)cc2)c1. The number of rotatable bonds is 6. The molecule has 0 aliphatic carbocycles. The van der Waals surface area contributed by atoms with Crippen molar-refractivity contribution in [1.82, 2.24) is 0 Å². The summed E-state index contributed by atoms with van der Waals surface area (Å²) in [5, 5.41) is 7.30. The predicted octanol–water partition coefficient (Wildman–Crippen LogP) is 4.49. The molecule has 0 aliphatic heterocycles. The molecule has 0 fully saturated rings. The summed E-state index contributed by atoms with van der Waals surface area (Å²) in [7, 11) is 0. The third-order valence-electron chi connectivity index (χ3n) is 4.06. The van der Waals surface area contributed by atoms with Gasteiger partial charge in [-0.05, 0) is 67.3 Å². The van der Waals surface area contributed by atoms with Crippen molar-refractivity contribution in [2.45, 2.75) is 20.0 Å². The highest BCUT2D eigenvalue weighted by Gasteiger charge is 2.19.